The maximum absolute atomic E-state index is 10.8. The molecule has 0 saturated heterocycles. The van der Waals surface area contributed by atoms with Crippen LogP contribution in [0.5, 0.6) is 0 Å². The van der Waals surface area contributed by atoms with Gasteiger partial charge in [0.2, 0.25) is 0 Å². The molecular formula is C8H12O2. The number of carbonyl (C=O) groups is 1. The molecule has 0 bridgehead atoms. The van der Waals surface area contributed by atoms with Gasteiger partial charge in [0.15, 0.2) is 0 Å². The Morgan fingerprint density at radius 2 is 2.40 bits per heavy atom. The first kappa shape index (κ1) is 7.48. The van der Waals surface area contributed by atoms with Crippen molar-refractivity contribution < 1.29 is 9.90 Å². The lowest BCUT2D eigenvalue weighted by molar-refractivity contribution is -0.125. The summed E-state index contributed by atoms with van der Waals surface area (Å²) in [6.45, 7) is 3.49. The number of carbonyl (C=O) groups excluding carboxylic acids is 1. The van der Waals surface area contributed by atoms with Crippen LogP contribution >= 0.6 is 0 Å². The third kappa shape index (κ3) is 1.45. The summed E-state index contributed by atoms with van der Waals surface area (Å²) in [7, 11) is 0. The first-order chi connectivity index (χ1) is 4.66. The van der Waals surface area contributed by atoms with Crippen LogP contribution in [0.25, 0.3) is 0 Å². The molecule has 0 aliphatic heterocycles. The number of rotatable bonds is 1. The Kier molecular flexibility index (Phi) is 1.90. The predicted octanol–water partition coefficient (Wildman–Crippen LogP) is 1.05. The molecule has 1 fully saturated rings. The van der Waals surface area contributed by atoms with Crippen LogP contribution in [0.4, 0.5) is 0 Å². The normalized spacial score (nSPS) is 33.9. The Morgan fingerprint density at radius 3 is 2.80 bits per heavy atom. The smallest absolute Gasteiger partial charge is 0.136 e. The standard InChI is InChI=1S/C8H12O2/c1-2-8(10)5-3-4-7(9)6-8/h2,10H,1,3-6H2. The van der Waals surface area contributed by atoms with Crippen molar-refractivity contribution in [1.82, 2.24) is 0 Å². The first-order valence-electron chi connectivity index (χ1n) is 3.54. The van der Waals surface area contributed by atoms with Crippen LogP contribution in [0.15, 0.2) is 12.7 Å². The summed E-state index contributed by atoms with van der Waals surface area (Å²) >= 11 is 0. The predicted molar refractivity (Wildman–Crippen MR) is 38.6 cm³/mol. The van der Waals surface area contributed by atoms with Gasteiger partial charge in [-0.25, -0.2) is 0 Å². The van der Waals surface area contributed by atoms with E-state index in [1.807, 2.05) is 0 Å². The minimum absolute atomic E-state index is 0.147. The highest BCUT2D eigenvalue weighted by atomic mass is 16.3. The Balaban J connectivity index is 2.61. The van der Waals surface area contributed by atoms with Gasteiger partial charge in [0.05, 0.1) is 5.60 Å². The number of hydrogen-bond donors (Lipinski definition) is 1. The van der Waals surface area contributed by atoms with Gasteiger partial charge in [-0.1, -0.05) is 6.08 Å². The molecule has 2 nitrogen and oxygen atoms in total. The molecule has 0 radical (unpaired) electrons. The van der Waals surface area contributed by atoms with Crippen LogP contribution in [0.3, 0.4) is 0 Å². The molecule has 0 aromatic rings. The third-order valence-electron chi connectivity index (χ3n) is 1.95. The van der Waals surface area contributed by atoms with Crippen LogP contribution in [0, 0.1) is 0 Å². The summed E-state index contributed by atoms with van der Waals surface area (Å²) in [4.78, 5) is 10.8. The minimum atomic E-state index is -0.894. The Hall–Kier alpha value is -0.630. The van der Waals surface area contributed by atoms with Gasteiger partial charge in [0, 0.05) is 12.8 Å². The zero-order valence-electron chi connectivity index (χ0n) is 5.97. The average molecular weight is 140 g/mol. The van der Waals surface area contributed by atoms with Crippen molar-refractivity contribution in [3.63, 3.8) is 0 Å². The van der Waals surface area contributed by atoms with Gasteiger partial charge in [-0.15, -0.1) is 6.58 Å². The lowest BCUT2D eigenvalue weighted by Crippen LogP contribution is -2.32. The fourth-order valence-electron chi connectivity index (χ4n) is 1.28. The van der Waals surface area contributed by atoms with E-state index >= 15 is 0 Å². The molecule has 0 aromatic carbocycles. The Labute approximate surface area is 60.6 Å². The maximum Gasteiger partial charge on any atom is 0.136 e. The van der Waals surface area contributed by atoms with E-state index in [4.69, 9.17) is 0 Å². The molecule has 1 rings (SSSR count). The minimum Gasteiger partial charge on any atom is -0.385 e. The van der Waals surface area contributed by atoms with E-state index < -0.39 is 5.60 Å². The molecule has 1 unspecified atom stereocenters. The lowest BCUT2D eigenvalue weighted by Gasteiger charge is -2.27. The van der Waals surface area contributed by atoms with Gasteiger partial charge in [-0.3, -0.25) is 4.79 Å². The summed E-state index contributed by atoms with van der Waals surface area (Å²) in [6, 6.07) is 0. The molecule has 0 aromatic heterocycles. The van der Waals surface area contributed by atoms with Crippen LogP contribution in [0.2, 0.25) is 0 Å². The zero-order chi connectivity index (χ0) is 7.61. The highest BCUT2D eigenvalue weighted by Gasteiger charge is 2.29. The second-order valence-electron chi connectivity index (χ2n) is 2.88. The Bertz CT molecular complexity index is 163. The Morgan fingerprint density at radius 1 is 1.70 bits per heavy atom. The largest absolute Gasteiger partial charge is 0.385 e. The maximum atomic E-state index is 10.8. The topological polar surface area (TPSA) is 37.3 Å². The van der Waals surface area contributed by atoms with Gasteiger partial charge in [0.1, 0.15) is 5.78 Å². The summed E-state index contributed by atoms with van der Waals surface area (Å²) in [6.07, 6.45) is 3.83. The number of Topliss-reactive ketones (excluding diaryl/α,β-unsaturated/α-hetero) is 1. The molecule has 1 aliphatic rings. The molecule has 2 heteroatoms. The lowest BCUT2D eigenvalue weighted by atomic mass is 9.84. The molecule has 1 atom stereocenters. The van der Waals surface area contributed by atoms with Crippen molar-refractivity contribution >= 4 is 5.78 Å². The van der Waals surface area contributed by atoms with E-state index in [0.29, 0.717) is 12.8 Å². The van der Waals surface area contributed by atoms with Crippen molar-refractivity contribution in [1.29, 1.82) is 0 Å². The van der Waals surface area contributed by atoms with Crippen LogP contribution < -0.4 is 0 Å². The number of hydrogen-bond acceptors (Lipinski definition) is 2. The highest BCUT2D eigenvalue weighted by Crippen LogP contribution is 2.26. The summed E-state index contributed by atoms with van der Waals surface area (Å²) in [5, 5.41) is 9.51. The molecular weight excluding hydrogens is 128 g/mol. The van der Waals surface area contributed by atoms with Gasteiger partial charge in [-0.2, -0.15) is 0 Å². The SMILES string of the molecule is C=CC1(O)CCCC(=O)C1. The summed E-state index contributed by atoms with van der Waals surface area (Å²) < 4.78 is 0. The quantitative estimate of drug-likeness (QED) is 0.553. The van der Waals surface area contributed by atoms with Gasteiger partial charge < -0.3 is 5.11 Å². The van der Waals surface area contributed by atoms with Crippen LogP contribution in [0.1, 0.15) is 25.7 Å². The second kappa shape index (κ2) is 2.54. The van der Waals surface area contributed by atoms with Crippen LogP contribution in [-0.4, -0.2) is 16.5 Å². The average Bonchev–Trinajstić information content (AvgIpc) is 1.88. The number of aliphatic hydroxyl groups is 1. The van der Waals surface area contributed by atoms with Crippen molar-refractivity contribution in [2.75, 3.05) is 0 Å². The molecule has 1 aliphatic carbocycles. The third-order valence-corrected chi connectivity index (χ3v) is 1.95. The molecule has 0 amide bonds. The van der Waals surface area contributed by atoms with E-state index in [1.165, 1.54) is 6.08 Å². The van der Waals surface area contributed by atoms with E-state index in [0.717, 1.165) is 6.42 Å². The van der Waals surface area contributed by atoms with E-state index in [9.17, 15) is 9.90 Å². The van der Waals surface area contributed by atoms with Crippen molar-refractivity contribution in [2.24, 2.45) is 0 Å². The fourth-order valence-corrected chi connectivity index (χ4v) is 1.28. The monoisotopic (exact) mass is 140 g/mol. The summed E-state index contributed by atoms with van der Waals surface area (Å²) in [5.74, 6) is 0.147. The van der Waals surface area contributed by atoms with Crippen molar-refractivity contribution in [3.8, 4) is 0 Å². The molecule has 0 spiro atoms. The first-order valence-corrected chi connectivity index (χ1v) is 3.54. The highest BCUT2D eigenvalue weighted by molar-refractivity contribution is 5.80. The van der Waals surface area contributed by atoms with Gasteiger partial charge in [-0.05, 0) is 12.8 Å². The number of ketones is 1. The fraction of sp³-hybridized carbons (Fsp3) is 0.625. The molecule has 1 N–H and O–H groups in total. The van der Waals surface area contributed by atoms with Gasteiger partial charge in [0.25, 0.3) is 0 Å². The zero-order valence-corrected chi connectivity index (χ0v) is 5.97. The molecule has 1 saturated carbocycles. The molecule has 0 heterocycles. The van der Waals surface area contributed by atoms with E-state index in [-0.39, 0.29) is 12.2 Å². The molecule has 56 valence electrons. The second-order valence-corrected chi connectivity index (χ2v) is 2.88. The van der Waals surface area contributed by atoms with Gasteiger partial charge >= 0.3 is 0 Å². The van der Waals surface area contributed by atoms with Crippen LogP contribution in [-0.2, 0) is 4.79 Å². The van der Waals surface area contributed by atoms with Crippen molar-refractivity contribution in [3.05, 3.63) is 12.7 Å². The van der Waals surface area contributed by atoms with E-state index in [2.05, 4.69) is 6.58 Å². The van der Waals surface area contributed by atoms with Crippen molar-refractivity contribution in [2.45, 2.75) is 31.3 Å². The molecule has 10 heavy (non-hydrogen) atoms. The summed E-state index contributed by atoms with van der Waals surface area (Å²) in [5.41, 5.74) is -0.894. The van der Waals surface area contributed by atoms with E-state index in [1.54, 1.807) is 0 Å².